The fourth-order valence-electron chi connectivity index (χ4n) is 3.67. The van der Waals surface area contributed by atoms with Gasteiger partial charge >= 0.3 is 0 Å². The van der Waals surface area contributed by atoms with Crippen molar-refractivity contribution >= 4 is 29.3 Å². The van der Waals surface area contributed by atoms with Crippen LogP contribution in [0.15, 0.2) is 11.2 Å². The Bertz CT molecular complexity index is 530. The smallest absolute Gasteiger partial charge is 0.233 e. The fourth-order valence-corrected chi connectivity index (χ4v) is 4.43. The molecule has 6 nitrogen and oxygen atoms in total. The van der Waals surface area contributed by atoms with E-state index in [-0.39, 0.29) is 5.91 Å². The van der Waals surface area contributed by atoms with Crippen LogP contribution < -0.4 is 11.5 Å². The Kier molecular flexibility index (Phi) is 4.71. The number of carbonyl (C=O) groups is 1. The first kappa shape index (κ1) is 15.4. The molecule has 7 heteroatoms. The van der Waals surface area contributed by atoms with Crippen LogP contribution in [0.5, 0.6) is 0 Å². The number of nitrogens with two attached hydrogens (primary N) is 2. The van der Waals surface area contributed by atoms with Gasteiger partial charge in [-0.15, -0.1) is 0 Å². The van der Waals surface area contributed by atoms with Gasteiger partial charge in [0.05, 0.1) is 5.75 Å². The molecule has 2 aliphatic rings. The summed E-state index contributed by atoms with van der Waals surface area (Å²) < 4.78 is 0. The lowest BCUT2D eigenvalue weighted by Crippen LogP contribution is -2.50. The Hall–Kier alpha value is -1.50. The van der Waals surface area contributed by atoms with Gasteiger partial charge in [0.1, 0.15) is 11.6 Å². The zero-order chi connectivity index (χ0) is 15.5. The Morgan fingerprint density at radius 1 is 1.18 bits per heavy atom. The van der Waals surface area contributed by atoms with E-state index in [0.29, 0.717) is 34.5 Å². The third-order valence-electron chi connectivity index (χ3n) is 4.63. The number of hydrogen-bond acceptors (Lipinski definition) is 6. The highest BCUT2D eigenvalue weighted by Crippen LogP contribution is 2.35. The summed E-state index contributed by atoms with van der Waals surface area (Å²) in [6, 6.07) is 1.96. The van der Waals surface area contributed by atoms with Crippen molar-refractivity contribution in [1.82, 2.24) is 14.9 Å². The third-order valence-corrected chi connectivity index (χ3v) is 5.47. The van der Waals surface area contributed by atoms with Gasteiger partial charge < -0.3 is 16.4 Å². The number of piperidine rings is 1. The van der Waals surface area contributed by atoms with Crippen LogP contribution in [-0.2, 0) is 4.79 Å². The van der Waals surface area contributed by atoms with E-state index >= 15 is 0 Å². The predicted molar refractivity (Wildman–Crippen MR) is 88.3 cm³/mol. The van der Waals surface area contributed by atoms with Gasteiger partial charge in [0.2, 0.25) is 5.91 Å². The minimum Gasteiger partial charge on any atom is -0.383 e. The molecular weight excluding hydrogens is 298 g/mol. The molecule has 1 aromatic rings. The molecule has 2 heterocycles. The Morgan fingerprint density at radius 2 is 1.86 bits per heavy atom. The lowest BCUT2D eigenvalue weighted by atomic mass is 9.78. The Labute approximate surface area is 135 Å². The Balaban J connectivity index is 1.61. The summed E-state index contributed by atoms with van der Waals surface area (Å²) in [5, 5.41) is 0.475. The van der Waals surface area contributed by atoms with Crippen LogP contribution in [0.25, 0.3) is 0 Å². The van der Waals surface area contributed by atoms with Crippen LogP contribution in [0.2, 0.25) is 0 Å². The van der Waals surface area contributed by atoms with E-state index in [4.69, 9.17) is 11.5 Å². The van der Waals surface area contributed by atoms with Crippen molar-refractivity contribution < 1.29 is 4.79 Å². The second-order valence-electron chi connectivity index (χ2n) is 6.13. The number of amides is 1. The van der Waals surface area contributed by atoms with Crippen LogP contribution >= 0.6 is 11.8 Å². The molecule has 1 amide bonds. The van der Waals surface area contributed by atoms with Crippen LogP contribution in [0.1, 0.15) is 38.5 Å². The monoisotopic (exact) mass is 321 g/mol. The molecule has 2 fully saturated rings. The first-order valence-corrected chi connectivity index (χ1v) is 8.94. The molecule has 0 aromatic carbocycles. The van der Waals surface area contributed by atoms with Crippen LogP contribution in [0.4, 0.5) is 11.6 Å². The number of anilines is 2. The lowest BCUT2D eigenvalue weighted by Gasteiger charge is -2.44. The SMILES string of the molecule is Nc1cc(N)nc(SCC(=O)N2CCC[C@H]3CCCC[C@@H]32)n1. The molecule has 1 saturated heterocycles. The third kappa shape index (κ3) is 3.45. The summed E-state index contributed by atoms with van der Waals surface area (Å²) in [5.74, 6) is 1.92. The minimum absolute atomic E-state index is 0.186. The molecule has 4 N–H and O–H groups in total. The van der Waals surface area contributed by atoms with Crippen molar-refractivity contribution in [3.8, 4) is 0 Å². The lowest BCUT2D eigenvalue weighted by molar-refractivity contribution is -0.134. The highest BCUT2D eigenvalue weighted by Gasteiger charge is 2.35. The molecule has 0 unspecified atom stereocenters. The molecule has 1 aliphatic carbocycles. The molecule has 22 heavy (non-hydrogen) atoms. The van der Waals surface area contributed by atoms with Crippen LogP contribution in [0, 0.1) is 5.92 Å². The average molecular weight is 321 g/mol. The second-order valence-corrected chi connectivity index (χ2v) is 7.07. The topological polar surface area (TPSA) is 98.1 Å². The first-order chi connectivity index (χ1) is 10.6. The van der Waals surface area contributed by atoms with Crippen LogP contribution in [-0.4, -0.2) is 39.1 Å². The van der Waals surface area contributed by atoms with Crippen molar-refractivity contribution in [3.05, 3.63) is 6.07 Å². The van der Waals surface area contributed by atoms with E-state index in [0.717, 1.165) is 19.4 Å². The van der Waals surface area contributed by atoms with Gasteiger partial charge in [0.15, 0.2) is 5.16 Å². The molecule has 0 spiro atoms. The molecule has 1 aromatic heterocycles. The molecule has 1 saturated carbocycles. The van der Waals surface area contributed by atoms with Crippen molar-refractivity contribution in [1.29, 1.82) is 0 Å². The van der Waals surface area contributed by atoms with E-state index < -0.39 is 0 Å². The summed E-state index contributed by atoms with van der Waals surface area (Å²) in [5.41, 5.74) is 11.3. The summed E-state index contributed by atoms with van der Waals surface area (Å²) in [6.45, 7) is 0.889. The normalized spacial score (nSPS) is 24.8. The van der Waals surface area contributed by atoms with E-state index in [2.05, 4.69) is 14.9 Å². The van der Waals surface area contributed by atoms with Crippen molar-refractivity contribution in [2.45, 2.75) is 49.7 Å². The van der Waals surface area contributed by atoms with E-state index in [9.17, 15) is 4.79 Å². The van der Waals surface area contributed by atoms with E-state index in [1.165, 1.54) is 43.5 Å². The maximum absolute atomic E-state index is 12.6. The van der Waals surface area contributed by atoms with Gasteiger partial charge in [-0.3, -0.25) is 4.79 Å². The minimum atomic E-state index is 0.186. The number of nitrogens with zero attached hydrogens (tertiary/aromatic N) is 3. The van der Waals surface area contributed by atoms with Crippen molar-refractivity contribution in [2.75, 3.05) is 23.8 Å². The van der Waals surface area contributed by atoms with Gasteiger partial charge in [-0.25, -0.2) is 9.97 Å². The van der Waals surface area contributed by atoms with E-state index in [1.54, 1.807) is 0 Å². The molecule has 1 aliphatic heterocycles. The van der Waals surface area contributed by atoms with Gasteiger partial charge in [-0.1, -0.05) is 24.6 Å². The number of likely N-dealkylation sites (tertiary alicyclic amines) is 1. The van der Waals surface area contributed by atoms with Crippen molar-refractivity contribution in [2.24, 2.45) is 5.92 Å². The van der Waals surface area contributed by atoms with Gasteiger partial charge in [-0.2, -0.15) is 0 Å². The van der Waals surface area contributed by atoms with E-state index in [1.807, 2.05) is 0 Å². The number of hydrogen-bond donors (Lipinski definition) is 2. The fraction of sp³-hybridized carbons (Fsp3) is 0.667. The quantitative estimate of drug-likeness (QED) is 0.652. The molecule has 120 valence electrons. The summed E-state index contributed by atoms with van der Waals surface area (Å²) in [7, 11) is 0. The van der Waals surface area contributed by atoms with Gasteiger partial charge in [0, 0.05) is 18.7 Å². The molecule has 0 radical (unpaired) electrons. The average Bonchev–Trinajstić information content (AvgIpc) is 2.51. The predicted octanol–water partition coefficient (Wildman–Crippen LogP) is 1.91. The number of rotatable bonds is 3. The standard InChI is InChI=1S/C15H23N5OS/c16-12-8-13(17)19-15(18-12)22-9-14(21)20-7-3-5-10-4-1-2-6-11(10)20/h8,10-11H,1-7,9H2,(H4,16,17,18,19)/t10-,11+/m1/s1. The highest BCUT2D eigenvalue weighted by atomic mass is 32.2. The highest BCUT2D eigenvalue weighted by molar-refractivity contribution is 7.99. The van der Waals surface area contributed by atoms with Crippen LogP contribution in [0.3, 0.4) is 0 Å². The summed E-state index contributed by atoms with van der Waals surface area (Å²) in [6.07, 6.45) is 7.39. The number of aromatic nitrogens is 2. The number of carbonyl (C=O) groups excluding carboxylic acids is 1. The second kappa shape index (κ2) is 6.73. The number of thioether (sulfide) groups is 1. The maximum Gasteiger partial charge on any atom is 0.233 e. The zero-order valence-electron chi connectivity index (χ0n) is 12.7. The number of fused-ring (bicyclic) bond motifs is 1. The number of nitrogen functional groups attached to an aromatic ring is 2. The first-order valence-electron chi connectivity index (χ1n) is 7.96. The van der Waals surface area contributed by atoms with Gasteiger partial charge in [0.25, 0.3) is 0 Å². The van der Waals surface area contributed by atoms with Gasteiger partial charge in [-0.05, 0) is 31.6 Å². The largest absolute Gasteiger partial charge is 0.383 e. The summed E-state index contributed by atoms with van der Waals surface area (Å²) in [4.78, 5) is 22.9. The maximum atomic E-state index is 12.6. The molecule has 0 bridgehead atoms. The summed E-state index contributed by atoms with van der Waals surface area (Å²) >= 11 is 1.32. The van der Waals surface area contributed by atoms with Crippen molar-refractivity contribution in [3.63, 3.8) is 0 Å². The molecule has 2 atom stereocenters. The zero-order valence-corrected chi connectivity index (χ0v) is 13.5. The molecular formula is C15H23N5OS. The Morgan fingerprint density at radius 3 is 2.64 bits per heavy atom. The molecule has 3 rings (SSSR count).